The van der Waals surface area contributed by atoms with Gasteiger partial charge < -0.3 is 10.2 Å². The van der Waals surface area contributed by atoms with Crippen LogP contribution in [0.3, 0.4) is 0 Å². The fraction of sp³-hybridized carbons (Fsp3) is 0.600. The predicted octanol–water partition coefficient (Wildman–Crippen LogP) is 2.07. The second-order valence-electron chi connectivity index (χ2n) is 5.62. The first kappa shape index (κ1) is 13.2. The maximum Gasteiger partial charge on any atom is 0.0426 e. The molecule has 0 aromatic heterocycles. The van der Waals surface area contributed by atoms with Gasteiger partial charge in [-0.2, -0.15) is 0 Å². The van der Waals surface area contributed by atoms with Crippen molar-refractivity contribution in [1.82, 2.24) is 10.2 Å². The van der Waals surface area contributed by atoms with Crippen LogP contribution in [0.4, 0.5) is 5.69 Å². The second-order valence-corrected chi connectivity index (χ2v) is 6.06. The molecular formula is C15H22ClN3. The molecule has 0 atom stereocenters. The Morgan fingerprint density at radius 1 is 1.16 bits per heavy atom. The maximum absolute atomic E-state index is 6.06. The number of halogens is 1. The molecule has 19 heavy (non-hydrogen) atoms. The zero-order valence-electron chi connectivity index (χ0n) is 11.3. The molecule has 2 aliphatic heterocycles. The number of benzene rings is 1. The summed E-state index contributed by atoms with van der Waals surface area (Å²) < 4.78 is 0. The van der Waals surface area contributed by atoms with E-state index >= 15 is 0 Å². The summed E-state index contributed by atoms with van der Waals surface area (Å²) in [7, 11) is 0. The molecule has 2 fully saturated rings. The van der Waals surface area contributed by atoms with Gasteiger partial charge in [0.15, 0.2) is 0 Å². The Morgan fingerprint density at radius 3 is 2.58 bits per heavy atom. The maximum atomic E-state index is 6.06. The van der Waals surface area contributed by atoms with Gasteiger partial charge in [0.05, 0.1) is 0 Å². The molecule has 3 nitrogen and oxygen atoms in total. The van der Waals surface area contributed by atoms with Gasteiger partial charge >= 0.3 is 0 Å². The molecule has 1 aromatic rings. The minimum Gasteiger partial charge on any atom is -0.369 e. The first-order chi connectivity index (χ1) is 9.31. The van der Waals surface area contributed by atoms with Crippen molar-refractivity contribution in [2.45, 2.75) is 6.42 Å². The Bertz CT molecular complexity index is 412. The van der Waals surface area contributed by atoms with E-state index in [0.29, 0.717) is 0 Å². The van der Waals surface area contributed by atoms with Crippen LogP contribution in [0.5, 0.6) is 0 Å². The van der Waals surface area contributed by atoms with Gasteiger partial charge in [-0.3, -0.25) is 4.90 Å². The van der Waals surface area contributed by atoms with Gasteiger partial charge in [-0.1, -0.05) is 17.7 Å². The summed E-state index contributed by atoms with van der Waals surface area (Å²) in [5.74, 6) is 0.922. The fourth-order valence-electron chi connectivity index (χ4n) is 2.82. The molecule has 3 rings (SSSR count). The Kier molecular flexibility index (Phi) is 4.26. The van der Waals surface area contributed by atoms with E-state index in [2.05, 4.69) is 27.2 Å². The normalized spacial score (nSPS) is 21.4. The molecule has 0 amide bonds. The van der Waals surface area contributed by atoms with Crippen molar-refractivity contribution in [3.63, 3.8) is 0 Å². The van der Waals surface area contributed by atoms with Gasteiger partial charge in [-0.15, -0.1) is 0 Å². The summed E-state index contributed by atoms with van der Waals surface area (Å²) >= 11 is 6.06. The fourth-order valence-corrected chi connectivity index (χ4v) is 3.00. The number of anilines is 1. The standard InChI is InChI=1S/C15H22ClN3/c16-14-2-1-3-15(10-14)19-8-6-18(7-9-19)5-4-13-11-17-12-13/h1-3,10,13,17H,4-9,11-12H2. The number of rotatable bonds is 4. The van der Waals surface area contributed by atoms with Crippen molar-refractivity contribution in [3.8, 4) is 0 Å². The summed E-state index contributed by atoms with van der Waals surface area (Å²) in [6, 6.07) is 8.19. The van der Waals surface area contributed by atoms with E-state index < -0.39 is 0 Å². The molecule has 1 aromatic carbocycles. The highest BCUT2D eigenvalue weighted by Crippen LogP contribution is 2.21. The molecular weight excluding hydrogens is 258 g/mol. The lowest BCUT2D eigenvalue weighted by molar-refractivity contribution is 0.216. The summed E-state index contributed by atoms with van der Waals surface area (Å²) in [6.07, 6.45) is 1.35. The zero-order valence-corrected chi connectivity index (χ0v) is 12.1. The third-order valence-corrected chi connectivity index (χ3v) is 4.50. The molecule has 1 N–H and O–H groups in total. The highest BCUT2D eigenvalue weighted by Gasteiger charge is 2.20. The van der Waals surface area contributed by atoms with E-state index in [9.17, 15) is 0 Å². The highest BCUT2D eigenvalue weighted by atomic mass is 35.5. The first-order valence-corrected chi connectivity index (χ1v) is 7.62. The Morgan fingerprint density at radius 2 is 1.95 bits per heavy atom. The molecule has 0 saturated carbocycles. The van der Waals surface area contributed by atoms with Crippen molar-refractivity contribution < 1.29 is 0 Å². The topological polar surface area (TPSA) is 18.5 Å². The third-order valence-electron chi connectivity index (χ3n) is 4.27. The second kappa shape index (κ2) is 6.12. The lowest BCUT2D eigenvalue weighted by atomic mass is 9.99. The van der Waals surface area contributed by atoms with E-state index in [1.165, 1.54) is 44.8 Å². The summed E-state index contributed by atoms with van der Waals surface area (Å²) in [5.41, 5.74) is 1.26. The Hall–Kier alpha value is -0.770. The van der Waals surface area contributed by atoms with Crippen molar-refractivity contribution in [3.05, 3.63) is 29.3 Å². The van der Waals surface area contributed by atoms with Crippen LogP contribution in [0, 0.1) is 5.92 Å². The molecule has 0 unspecified atom stereocenters. The number of nitrogens with zero attached hydrogens (tertiary/aromatic N) is 2. The van der Waals surface area contributed by atoms with Gasteiger partial charge in [0.25, 0.3) is 0 Å². The predicted molar refractivity (Wildman–Crippen MR) is 81.1 cm³/mol. The number of hydrogen-bond acceptors (Lipinski definition) is 3. The van der Waals surface area contributed by atoms with Crippen LogP contribution in [0.25, 0.3) is 0 Å². The van der Waals surface area contributed by atoms with Crippen LogP contribution >= 0.6 is 11.6 Å². The number of piperazine rings is 1. The zero-order chi connectivity index (χ0) is 13.1. The monoisotopic (exact) mass is 279 g/mol. The average molecular weight is 280 g/mol. The molecule has 4 heteroatoms. The smallest absolute Gasteiger partial charge is 0.0426 e. The summed E-state index contributed by atoms with van der Waals surface area (Å²) in [5, 5.41) is 4.17. The van der Waals surface area contributed by atoms with Crippen molar-refractivity contribution in [1.29, 1.82) is 0 Å². The average Bonchev–Trinajstić information content (AvgIpc) is 2.38. The van der Waals surface area contributed by atoms with Crippen LogP contribution in [-0.2, 0) is 0 Å². The minimum absolute atomic E-state index is 0.831. The molecule has 0 aliphatic carbocycles. The molecule has 2 saturated heterocycles. The SMILES string of the molecule is Clc1cccc(N2CCN(CCC3CNC3)CC2)c1. The molecule has 2 aliphatic rings. The number of nitrogens with one attached hydrogen (secondary N) is 1. The molecule has 2 heterocycles. The van der Waals surface area contributed by atoms with Crippen LogP contribution in [0.1, 0.15) is 6.42 Å². The van der Waals surface area contributed by atoms with E-state index in [-0.39, 0.29) is 0 Å². The van der Waals surface area contributed by atoms with Crippen LogP contribution < -0.4 is 10.2 Å². The number of hydrogen-bond donors (Lipinski definition) is 1. The van der Waals surface area contributed by atoms with E-state index in [4.69, 9.17) is 11.6 Å². The van der Waals surface area contributed by atoms with Gasteiger partial charge in [0, 0.05) is 36.9 Å². The summed E-state index contributed by atoms with van der Waals surface area (Å²) in [4.78, 5) is 5.03. The van der Waals surface area contributed by atoms with Crippen LogP contribution in [-0.4, -0.2) is 50.7 Å². The van der Waals surface area contributed by atoms with Gasteiger partial charge in [0.2, 0.25) is 0 Å². The Balaban J connectivity index is 1.46. The van der Waals surface area contributed by atoms with Crippen molar-refractivity contribution >= 4 is 17.3 Å². The van der Waals surface area contributed by atoms with Crippen LogP contribution in [0.15, 0.2) is 24.3 Å². The van der Waals surface area contributed by atoms with Gasteiger partial charge in [-0.25, -0.2) is 0 Å². The highest BCUT2D eigenvalue weighted by molar-refractivity contribution is 6.30. The lowest BCUT2D eigenvalue weighted by Gasteiger charge is -2.37. The molecule has 0 spiro atoms. The quantitative estimate of drug-likeness (QED) is 0.910. The van der Waals surface area contributed by atoms with E-state index in [1.54, 1.807) is 0 Å². The molecule has 0 bridgehead atoms. The first-order valence-electron chi connectivity index (χ1n) is 7.25. The molecule has 0 radical (unpaired) electrons. The molecule has 104 valence electrons. The lowest BCUT2D eigenvalue weighted by Crippen LogP contribution is -2.48. The minimum atomic E-state index is 0.831. The van der Waals surface area contributed by atoms with E-state index in [1.807, 2.05) is 12.1 Å². The van der Waals surface area contributed by atoms with Crippen molar-refractivity contribution in [2.75, 3.05) is 50.7 Å². The van der Waals surface area contributed by atoms with Crippen LogP contribution in [0.2, 0.25) is 5.02 Å². The van der Waals surface area contributed by atoms with Gasteiger partial charge in [-0.05, 0) is 50.2 Å². The third kappa shape index (κ3) is 3.41. The van der Waals surface area contributed by atoms with E-state index in [0.717, 1.165) is 24.0 Å². The van der Waals surface area contributed by atoms with Gasteiger partial charge in [0.1, 0.15) is 0 Å². The largest absolute Gasteiger partial charge is 0.369 e. The van der Waals surface area contributed by atoms with Crippen molar-refractivity contribution in [2.24, 2.45) is 5.92 Å². The Labute approximate surface area is 120 Å². The summed E-state index contributed by atoms with van der Waals surface area (Å²) in [6.45, 7) is 8.28.